The number of aromatic amines is 1. The van der Waals surface area contributed by atoms with E-state index in [-0.39, 0.29) is 12.4 Å². The first kappa shape index (κ1) is 23.3. The van der Waals surface area contributed by atoms with E-state index in [0.29, 0.717) is 0 Å². The lowest BCUT2D eigenvalue weighted by Crippen LogP contribution is -2.46. The van der Waals surface area contributed by atoms with Crippen molar-refractivity contribution in [2.24, 2.45) is 0 Å². The molecule has 0 bridgehead atoms. The molecular formula is C24H28Cl2N4O. The van der Waals surface area contributed by atoms with Crippen LogP contribution in [0.25, 0.3) is 10.9 Å². The Hall–Kier alpha value is -2.39. The number of hydrogen-bond donors (Lipinski definition) is 1. The minimum Gasteiger partial charge on any atom is -0.495 e. The molecule has 31 heavy (non-hydrogen) atoms. The minimum atomic E-state index is 0. The highest BCUT2D eigenvalue weighted by molar-refractivity contribution is 6.30. The SMILES string of the molecule is COc1ccc(Cl)cc1N1CCN(CCCCc2c[nH]c3ccc(C#N)cc23)CC1.Cl. The van der Waals surface area contributed by atoms with Gasteiger partial charge in [-0.25, -0.2) is 0 Å². The molecule has 1 aliphatic heterocycles. The highest BCUT2D eigenvalue weighted by atomic mass is 35.5. The topological polar surface area (TPSA) is 55.3 Å². The number of aromatic nitrogens is 1. The molecule has 3 aromatic rings. The smallest absolute Gasteiger partial charge is 0.142 e. The molecule has 2 aromatic carbocycles. The Morgan fingerprint density at radius 3 is 2.65 bits per heavy atom. The number of nitrogens with zero attached hydrogens (tertiary/aromatic N) is 3. The summed E-state index contributed by atoms with van der Waals surface area (Å²) in [5.41, 5.74) is 4.22. The lowest BCUT2D eigenvalue weighted by atomic mass is 10.1. The van der Waals surface area contributed by atoms with Gasteiger partial charge >= 0.3 is 0 Å². The van der Waals surface area contributed by atoms with Crippen molar-refractivity contribution in [2.45, 2.75) is 19.3 Å². The molecule has 0 aliphatic carbocycles. The number of benzene rings is 2. The van der Waals surface area contributed by atoms with Gasteiger partial charge in [0.25, 0.3) is 0 Å². The summed E-state index contributed by atoms with van der Waals surface area (Å²) in [5.74, 6) is 0.881. The van der Waals surface area contributed by atoms with Gasteiger partial charge in [0, 0.05) is 48.3 Å². The molecule has 1 aromatic heterocycles. The van der Waals surface area contributed by atoms with Crippen LogP contribution >= 0.6 is 24.0 Å². The number of unbranched alkanes of at least 4 members (excludes halogenated alkanes) is 1. The van der Waals surface area contributed by atoms with E-state index in [1.807, 2.05) is 36.4 Å². The van der Waals surface area contributed by atoms with E-state index in [4.69, 9.17) is 21.6 Å². The van der Waals surface area contributed by atoms with E-state index in [1.165, 1.54) is 17.4 Å². The number of fused-ring (bicyclic) bond motifs is 1. The van der Waals surface area contributed by atoms with Gasteiger partial charge in [0.1, 0.15) is 5.75 Å². The van der Waals surface area contributed by atoms with Crippen molar-refractivity contribution >= 4 is 40.6 Å². The van der Waals surface area contributed by atoms with E-state index in [9.17, 15) is 0 Å². The molecule has 1 N–H and O–H groups in total. The monoisotopic (exact) mass is 458 g/mol. The number of methoxy groups -OCH3 is 1. The summed E-state index contributed by atoms with van der Waals surface area (Å²) in [5, 5.41) is 11.1. The van der Waals surface area contributed by atoms with Crippen LogP contribution in [0, 0.1) is 11.3 Å². The quantitative estimate of drug-likeness (QED) is 0.490. The number of halogens is 2. The molecule has 0 amide bonds. The van der Waals surface area contributed by atoms with Gasteiger partial charge in [-0.3, -0.25) is 4.90 Å². The fourth-order valence-electron chi connectivity index (χ4n) is 4.23. The van der Waals surface area contributed by atoms with Crippen LogP contribution in [0.4, 0.5) is 5.69 Å². The minimum absolute atomic E-state index is 0. The first-order chi connectivity index (χ1) is 14.7. The largest absolute Gasteiger partial charge is 0.495 e. The number of H-pyrrole nitrogens is 1. The number of ether oxygens (including phenoxy) is 1. The van der Waals surface area contributed by atoms with Crippen molar-refractivity contribution in [3.8, 4) is 11.8 Å². The molecule has 0 radical (unpaired) electrons. The van der Waals surface area contributed by atoms with Crippen LogP contribution in [0.3, 0.4) is 0 Å². The maximum absolute atomic E-state index is 9.14. The third-order valence-electron chi connectivity index (χ3n) is 5.92. The predicted molar refractivity (Wildman–Crippen MR) is 130 cm³/mol. The van der Waals surface area contributed by atoms with Gasteiger partial charge in [0.15, 0.2) is 0 Å². The first-order valence-corrected chi connectivity index (χ1v) is 10.9. The maximum Gasteiger partial charge on any atom is 0.142 e. The van der Waals surface area contributed by atoms with Crippen LogP contribution in [0.2, 0.25) is 5.02 Å². The molecule has 1 aliphatic rings. The summed E-state index contributed by atoms with van der Waals surface area (Å²) >= 11 is 6.19. The fraction of sp³-hybridized carbons (Fsp3) is 0.375. The Balaban J connectivity index is 0.00000272. The van der Waals surface area contributed by atoms with Crippen molar-refractivity contribution in [3.63, 3.8) is 0 Å². The summed E-state index contributed by atoms with van der Waals surface area (Å²) in [4.78, 5) is 8.22. The van der Waals surface area contributed by atoms with Gasteiger partial charge in [-0.2, -0.15) is 5.26 Å². The Morgan fingerprint density at radius 1 is 1.10 bits per heavy atom. The second kappa shape index (κ2) is 10.8. The van der Waals surface area contributed by atoms with Crippen LogP contribution in [0.5, 0.6) is 5.75 Å². The van der Waals surface area contributed by atoms with Crippen molar-refractivity contribution < 1.29 is 4.74 Å². The zero-order chi connectivity index (χ0) is 20.9. The third kappa shape index (κ3) is 5.46. The normalized spacial score (nSPS) is 14.3. The van der Waals surface area contributed by atoms with Gasteiger partial charge in [-0.15, -0.1) is 12.4 Å². The zero-order valence-electron chi connectivity index (χ0n) is 17.7. The van der Waals surface area contributed by atoms with Crippen LogP contribution in [0.15, 0.2) is 42.6 Å². The number of piperazine rings is 1. The van der Waals surface area contributed by atoms with Crippen molar-refractivity contribution in [1.29, 1.82) is 5.26 Å². The molecule has 5 nitrogen and oxygen atoms in total. The number of rotatable bonds is 7. The molecule has 0 spiro atoms. The Morgan fingerprint density at radius 2 is 1.90 bits per heavy atom. The summed E-state index contributed by atoms with van der Waals surface area (Å²) < 4.78 is 5.51. The van der Waals surface area contributed by atoms with Gasteiger partial charge < -0.3 is 14.6 Å². The molecule has 0 atom stereocenters. The van der Waals surface area contributed by atoms with Gasteiger partial charge in [-0.1, -0.05) is 11.6 Å². The molecule has 4 rings (SSSR count). The van der Waals surface area contributed by atoms with Crippen molar-refractivity contribution in [2.75, 3.05) is 44.7 Å². The molecule has 0 unspecified atom stereocenters. The number of anilines is 1. The summed E-state index contributed by atoms with van der Waals surface area (Å²) in [6, 6.07) is 13.9. The van der Waals surface area contributed by atoms with Crippen molar-refractivity contribution in [1.82, 2.24) is 9.88 Å². The van der Waals surface area contributed by atoms with Crippen LogP contribution in [-0.4, -0.2) is 49.7 Å². The van der Waals surface area contributed by atoms with E-state index in [0.717, 1.165) is 73.1 Å². The Labute approximate surface area is 195 Å². The average Bonchev–Trinajstić information content (AvgIpc) is 3.19. The fourth-order valence-corrected chi connectivity index (χ4v) is 4.39. The Kier molecular flexibility index (Phi) is 8.09. The Bertz CT molecular complexity index is 1050. The average molecular weight is 459 g/mol. The van der Waals surface area contributed by atoms with Gasteiger partial charge in [0.05, 0.1) is 24.4 Å². The first-order valence-electron chi connectivity index (χ1n) is 10.5. The number of hydrogen-bond acceptors (Lipinski definition) is 4. The van der Waals surface area contributed by atoms with Gasteiger partial charge in [-0.05, 0) is 67.8 Å². The molecule has 164 valence electrons. The highest BCUT2D eigenvalue weighted by Crippen LogP contribution is 2.32. The number of nitriles is 1. The molecular weight excluding hydrogens is 431 g/mol. The van der Waals surface area contributed by atoms with Crippen molar-refractivity contribution in [3.05, 3.63) is 58.7 Å². The lowest BCUT2D eigenvalue weighted by Gasteiger charge is -2.36. The van der Waals surface area contributed by atoms with Crippen LogP contribution < -0.4 is 9.64 Å². The van der Waals surface area contributed by atoms with E-state index in [2.05, 4.69) is 27.0 Å². The predicted octanol–water partition coefficient (Wildman–Crippen LogP) is 5.27. The molecule has 1 saturated heterocycles. The van der Waals surface area contributed by atoms with E-state index >= 15 is 0 Å². The second-order valence-electron chi connectivity index (χ2n) is 7.79. The van der Waals surface area contributed by atoms with E-state index < -0.39 is 0 Å². The molecule has 7 heteroatoms. The maximum atomic E-state index is 9.14. The third-order valence-corrected chi connectivity index (χ3v) is 6.16. The lowest BCUT2D eigenvalue weighted by molar-refractivity contribution is 0.252. The highest BCUT2D eigenvalue weighted by Gasteiger charge is 2.19. The summed E-state index contributed by atoms with van der Waals surface area (Å²) in [6.07, 6.45) is 5.44. The standard InChI is InChI=1S/C24H27ClN4O.ClH/c1-30-24-8-6-20(25)15-23(24)29-12-10-28(11-13-29)9-3-2-4-19-17-27-22-7-5-18(16-26)14-21(19)22;/h5-8,14-15,17,27H,2-4,9-13H2,1H3;1H. The van der Waals surface area contributed by atoms with E-state index in [1.54, 1.807) is 7.11 Å². The molecule has 2 heterocycles. The number of aryl methyl sites for hydroxylation is 1. The summed E-state index contributed by atoms with van der Waals surface area (Å²) in [6.45, 7) is 5.18. The molecule has 0 saturated carbocycles. The van der Waals surface area contributed by atoms with Crippen LogP contribution in [-0.2, 0) is 6.42 Å². The second-order valence-corrected chi connectivity index (χ2v) is 8.22. The zero-order valence-corrected chi connectivity index (χ0v) is 19.3. The molecule has 1 fully saturated rings. The van der Waals surface area contributed by atoms with Crippen LogP contribution in [0.1, 0.15) is 24.0 Å². The summed E-state index contributed by atoms with van der Waals surface area (Å²) in [7, 11) is 1.71. The number of nitrogens with one attached hydrogen (secondary N) is 1. The van der Waals surface area contributed by atoms with Gasteiger partial charge in [0.2, 0.25) is 0 Å².